The molecule has 0 aliphatic rings. The maximum absolute atomic E-state index is 13.0. The molecule has 16 heavy (non-hydrogen) atoms. The highest BCUT2D eigenvalue weighted by Gasteiger charge is 2.09. The molecule has 0 aliphatic heterocycles. The van der Waals surface area contributed by atoms with E-state index in [1.807, 2.05) is 13.8 Å². The van der Waals surface area contributed by atoms with Gasteiger partial charge >= 0.3 is 0 Å². The summed E-state index contributed by atoms with van der Waals surface area (Å²) in [4.78, 5) is 9.93. The molecular formula is C11H15FN2O2. The molecule has 0 radical (unpaired) electrons. The molecule has 5 heteroatoms. The maximum Gasteiger partial charge on any atom is 0.272 e. The second-order valence-electron chi connectivity index (χ2n) is 3.93. The third kappa shape index (κ3) is 3.94. The van der Waals surface area contributed by atoms with Gasteiger partial charge in [0.25, 0.3) is 5.69 Å². The van der Waals surface area contributed by atoms with Crippen molar-refractivity contribution in [2.24, 2.45) is 0 Å². The van der Waals surface area contributed by atoms with Crippen LogP contribution in [0.5, 0.6) is 0 Å². The zero-order valence-corrected chi connectivity index (χ0v) is 9.37. The van der Waals surface area contributed by atoms with Crippen LogP contribution >= 0.6 is 0 Å². The minimum Gasteiger partial charge on any atom is -0.314 e. The first-order valence-electron chi connectivity index (χ1n) is 5.16. The molecule has 1 N–H and O–H groups in total. The average Bonchev–Trinajstić information content (AvgIpc) is 2.16. The Hall–Kier alpha value is -1.49. The van der Waals surface area contributed by atoms with Gasteiger partial charge in [-0.25, -0.2) is 4.39 Å². The van der Waals surface area contributed by atoms with Crippen molar-refractivity contribution in [2.75, 3.05) is 6.54 Å². The lowest BCUT2D eigenvalue weighted by Crippen LogP contribution is -2.24. The fraction of sp³-hybridized carbons (Fsp3) is 0.455. The first-order valence-corrected chi connectivity index (χ1v) is 5.16. The number of nitrogens with one attached hydrogen (secondary N) is 1. The van der Waals surface area contributed by atoms with E-state index in [9.17, 15) is 14.5 Å². The zero-order chi connectivity index (χ0) is 12.1. The summed E-state index contributed by atoms with van der Waals surface area (Å²) in [7, 11) is 0. The Morgan fingerprint density at radius 1 is 1.44 bits per heavy atom. The number of nitro benzene ring substituents is 1. The number of hydrogen-bond acceptors (Lipinski definition) is 3. The van der Waals surface area contributed by atoms with E-state index >= 15 is 0 Å². The molecule has 0 aromatic heterocycles. The fourth-order valence-corrected chi connectivity index (χ4v) is 1.39. The standard InChI is InChI=1S/C11H15FN2O2/c1-8(2)13-4-3-9-5-10(12)7-11(6-9)14(15)16/h5-8,13H,3-4H2,1-2H3. The van der Waals surface area contributed by atoms with Crippen LogP contribution in [0.25, 0.3) is 0 Å². The monoisotopic (exact) mass is 226 g/mol. The molecule has 0 saturated carbocycles. The highest BCUT2D eigenvalue weighted by Crippen LogP contribution is 2.16. The van der Waals surface area contributed by atoms with Gasteiger partial charge in [0.2, 0.25) is 0 Å². The van der Waals surface area contributed by atoms with Crippen molar-refractivity contribution < 1.29 is 9.31 Å². The van der Waals surface area contributed by atoms with Gasteiger partial charge in [-0.15, -0.1) is 0 Å². The molecule has 1 aromatic rings. The Morgan fingerprint density at radius 2 is 2.12 bits per heavy atom. The van der Waals surface area contributed by atoms with Crippen molar-refractivity contribution in [3.63, 3.8) is 0 Å². The number of nitrogens with zero attached hydrogens (tertiary/aromatic N) is 1. The van der Waals surface area contributed by atoms with Crippen molar-refractivity contribution in [3.05, 3.63) is 39.7 Å². The molecule has 0 fully saturated rings. The Labute approximate surface area is 93.6 Å². The molecule has 1 aromatic carbocycles. The molecule has 0 atom stereocenters. The van der Waals surface area contributed by atoms with Gasteiger partial charge in [-0.2, -0.15) is 0 Å². The third-order valence-corrected chi connectivity index (χ3v) is 2.12. The van der Waals surface area contributed by atoms with Gasteiger partial charge in [0.1, 0.15) is 5.82 Å². The lowest BCUT2D eigenvalue weighted by Gasteiger charge is -2.07. The number of hydrogen-bond donors (Lipinski definition) is 1. The van der Waals surface area contributed by atoms with E-state index in [0.29, 0.717) is 24.6 Å². The van der Waals surface area contributed by atoms with Crippen LogP contribution in [0.3, 0.4) is 0 Å². The summed E-state index contributed by atoms with van der Waals surface area (Å²) in [6.45, 7) is 4.69. The van der Waals surface area contributed by atoms with Crippen molar-refractivity contribution in [2.45, 2.75) is 26.3 Å². The average molecular weight is 226 g/mol. The summed E-state index contributed by atoms with van der Waals surface area (Å²) >= 11 is 0. The second-order valence-corrected chi connectivity index (χ2v) is 3.93. The minimum absolute atomic E-state index is 0.195. The van der Waals surface area contributed by atoms with Gasteiger partial charge < -0.3 is 5.32 Å². The van der Waals surface area contributed by atoms with Crippen LogP contribution < -0.4 is 5.32 Å². The van der Waals surface area contributed by atoms with Gasteiger partial charge in [-0.3, -0.25) is 10.1 Å². The Bertz CT molecular complexity index is 380. The van der Waals surface area contributed by atoms with Gasteiger partial charge in [0.15, 0.2) is 0 Å². The zero-order valence-electron chi connectivity index (χ0n) is 9.37. The van der Waals surface area contributed by atoms with E-state index in [0.717, 1.165) is 6.07 Å². The molecule has 0 amide bonds. The largest absolute Gasteiger partial charge is 0.314 e. The lowest BCUT2D eigenvalue weighted by molar-refractivity contribution is -0.385. The second kappa shape index (κ2) is 5.55. The summed E-state index contributed by atoms with van der Waals surface area (Å²) in [5.41, 5.74) is 0.444. The van der Waals surface area contributed by atoms with E-state index in [4.69, 9.17) is 0 Å². The first kappa shape index (κ1) is 12.6. The molecule has 0 aliphatic carbocycles. The van der Waals surface area contributed by atoms with Gasteiger partial charge in [-0.05, 0) is 24.6 Å². The minimum atomic E-state index is -0.581. The first-order chi connectivity index (χ1) is 7.49. The van der Waals surface area contributed by atoms with Crippen molar-refractivity contribution in [3.8, 4) is 0 Å². The van der Waals surface area contributed by atoms with Crippen LogP contribution in [0.1, 0.15) is 19.4 Å². The number of nitro groups is 1. The quantitative estimate of drug-likeness (QED) is 0.619. The molecule has 1 rings (SSSR count). The van der Waals surface area contributed by atoms with Crippen molar-refractivity contribution >= 4 is 5.69 Å². The molecule has 0 spiro atoms. The number of rotatable bonds is 5. The van der Waals surface area contributed by atoms with Crippen LogP contribution in [-0.4, -0.2) is 17.5 Å². The predicted molar refractivity (Wildman–Crippen MR) is 59.9 cm³/mol. The molecule has 88 valence electrons. The number of benzene rings is 1. The summed E-state index contributed by atoms with van der Waals surface area (Å²) in [6.07, 6.45) is 0.580. The SMILES string of the molecule is CC(C)NCCc1cc(F)cc([N+](=O)[O-])c1. The topological polar surface area (TPSA) is 55.2 Å². The van der Waals surface area contributed by atoms with Gasteiger partial charge in [0.05, 0.1) is 11.0 Å². The summed E-state index contributed by atoms with van der Waals surface area (Å²) in [5.74, 6) is -0.561. The van der Waals surface area contributed by atoms with Gasteiger partial charge in [-0.1, -0.05) is 13.8 Å². The highest BCUT2D eigenvalue weighted by molar-refractivity contribution is 5.35. The van der Waals surface area contributed by atoms with Crippen LogP contribution in [0, 0.1) is 15.9 Å². The number of non-ortho nitro benzene ring substituents is 1. The predicted octanol–water partition coefficient (Wildman–Crippen LogP) is 2.27. The highest BCUT2D eigenvalue weighted by atomic mass is 19.1. The van der Waals surface area contributed by atoms with Gasteiger partial charge in [0, 0.05) is 12.1 Å². The van der Waals surface area contributed by atoms with E-state index in [1.54, 1.807) is 0 Å². The van der Waals surface area contributed by atoms with Crippen LogP contribution in [-0.2, 0) is 6.42 Å². The van der Waals surface area contributed by atoms with E-state index in [1.165, 1.54) is 12.1 Å². The molecule has 0 heterocycles. The van der Waals surface area contributed by atoms with E-state index in [2.05, 4.69) is 5.32 Å². The van der Waals surface area contributed by atoms with Crippen molar-refractivity contribution in [1.29, 1.82) is 0 Å². The van der Waals surface area contributed by atoms with Crippen LogP contribution in [0.4, 0.5) is 10.1 Å². The van der Waals surface area contributed by atoms with Crippen LogP contribution in [0.2, 0.25) is 0 Å². The van der Waals surface area contributed by atoms with Crippen LogP contribution in [0.15, 0.2) is 18.2 Å². The summed E-state index contributed by atoms with van der Waals surface area (Å²) in [5, 5.41) is 13.7. The Balaban J connectivity index is 2.69. The summed E-state index contributed by atoms with van der Waals surface area (Å²) < 4.78 is 13.0. The van der Waals surface area contributed by atoms with E-state index < -0.39 is 10.7 Å². The lowest BCUT2D eigenvalue weighted by atomic mass is 10.1. The Morgan fingerprint density at radius 3 is 2.69 bits per heavy atom. The molecule has 4 nitrogen and oxygen atoms in total. The normalized spacial score (nSPS) is 10.8. The van der Waals surface area contributed by atoms with E-state index in [-0.39, 0.29) is 5.69 Å². The van der Waals surface area contributed by atoms with Crippen molar-refractivity contribution in [1.82, 2.24) is 5.32 Å². The molecular weight excluding hydrogens is 211 g/mol. The smallest absolute Gasteiger partial charge is 0.272 e. The third-order valence-electron chi connectivity index (χ3n) is 2.12. The molecule has 0 unspecified atom stereocenters. The maximum atomic E-state index is 13.0. The fourth-order valence-electron chi connectivity index (χ4n) is 1.39. The summed E-state index contributed by atoms with van der Waals surface area (Å²) in [6, 6.07) is 4.02. The molecule has 0 bridgehead atoms. The Kier molecular flexibility index (Phi) is 4.37. The molecule has 0 saturated heterocycles. The number of halogens is 1.